The van der Waals surface area contributed by atoms with Gasteiger partial charge in [0.25, 0.3) is 0 Å². The predicted molar refractivity (Wildman–Crippen MR) is 114 cm³/mol. The summed E-state index contributed by atoms with van der Waals surface area (Å²) >= 11 is 0. The molecule has 1 unspecified atom stereocenters. The Balaban J connectivity index is 1.61. The van der Waals surface area contributed by atoms with Gasteiger partial charge in [-0.05, 0) is 18.2 Å². The van der Waals surface area contributed by atoms with E-state index < -0.39 is 6.17 Å². The fourth-order valence-electron chi connectivity index (χ4n) is 3.44. The Kier molecular flexibility index (Phi) is 4.99. The van der Waals surface area contributed by atoms with Crippen LogP contribution in [0.5, 0.6) is 5.88 Å². The molecule has 0 fully saturated rings. The molecule has 136 valence electrons. The molecular formula is C21H18B2FN3O. The van der Waals surface area contributed by atoms with Gasteiger partial charge in [0.05, 0.1) is 13.7 Å². The number of nitrogens with one attached hydrogen (secondary N) is 1. The molecular weight excluding hydrogens is 351 g/mol. The number of hydrogen-bond donors (Lipinski definition) is 1. The zero-order valence-corrected chi connectivity index (χ0v) is 15.5. The molecule has 28 heavy (non-hydrogen) atoms. The van der Waals surface area contributed by atoms with E-state index in [0.717, 1.165) is 21.8 Å². The van der Waals surface area contributed by atoms with Crippen LogP contribution in [0.25, 0.3) is 21.8 Å². The third-order valence-corrected chi connectivity index (χ3v) is 4.73. The van der Waals surface area contributed by atoms with Crippen molar-refractivity contribution in [3.63, 3.8) is 0 Å². The monoisotopic (exact) mass is 369 g/mol. The van der Waals surface area contributed by atoms with Gasteiger partial charge in [-0.25, -0.2) is 4.39 Å². The van der Waals surface area contributed by atoms with Crippen molar-refractivity contribution in [2.24, 2.45) is 0 Å². The van der Waals surface area contributed by atoms with Crippen LogP contribution in [-0.4, -0.2) is 45.1 Å². The molecule has 4 aromatic rings. The topological polar surface area (TPSA) is 39.1 Å². The van der Waals surface area contributed by atoms with Crippen molar-refractivity contribution in [3.05, 3.63) is 54.6 Å². The first kappa shape index (κ1) is 18.4. The molecule has 2 aromatic carbocycles. The highest BCUT2D eigenvalue weighted by molar-refractivity contribution is 6.35. The van der Waals surface area contributed by atoms with Crippen LogP contribution in [0.4, 0.5) is 10.2 Å². The Morgan fingerprint density at radius 2 is 1.68 bits per heavy atom. The summed E-state index contributed by atoms with van der Waals surface area (Å²) in [5.74, 6) is 1.06. The van der Waals surface area contributed by atoms with Gasteiger partial charge in [0, 0.05) is 34.4 Å². The van der Waals surface area contributed by atoms with E-state index in [1.807, 2.05) is 47.0 Å². The minimum Gasteiger partial charge on any atom is -0.481 e. The van der Waals surface area contributed by atoms with Crippen molar-refractivity contribution in [2.75, 3.05) is 19.0 Å². The zero-order chi connectivity index (χ0) is 19.7. The summed E-state index contributed by atoms with van der Waals surface area (Å²) in [4.78, 5) is 4.24. The van der Waals surface area contributed by atoms with E-state index in [4.69, 9.17) is 20.4 Å². The van der Waals surface area contributed by atoms with Crippen molar-refractivity contribution in [2.45, 2.75) is 12.7 Å². The molecule has 2 heterocycles. The highest BCUT2D eigenvalue weighted by atomic mass is 19.1. The number of methoxy groups -OCH3 is 1. The zero-order valence-electron chi connectivity index (χ0n) is 15.5. The maximum absolute atomic E-state index is 14.9. The molecule has 0 aliphatic carbocycles. The van der Waals surface area contributed by atoms with Gasteiger partial charge in [0.2, 0.25) is 5.88 Å². The van der Waals surface area contributed by atoms with Crippen LogP contribution in [0.15, 0.2) is 54.6 Å². The highest BCUT2D eigenvalue weighted by Gasteiger charge is 2.15. The lowest BCUT2D eigenvalue weighted by Gasteiger charge is -2.14. The molecule has 0 saturated carbocycles. The Morgan fingerprint density at radius 3 is 2.29 bits per heavy atom. The predicted octanol–water partition coefficient (Wildman–Crippen LogP) is 2.24. The molecule has 4 rings (SSSR count). The summed E-state index contributed by atoms with van der Waals surface area (Å²) in [6, 6.07) is 16.6. The largest absolute Gasteiger partial charge is 0.481 e. The van der Waals surface area contributed by atoms with E-state index in [2.05, 4.69) is 10.3 Å². The van der Waals surface area contributed by atoms with E-state index in [1.165, 1.54) is 0 Å². The first-order valence-corrected chi connectivity index (χ1v) is 9.01. The fraction of sp³-hybridized carbons (Fsp3) is 0.190. The van der Waals surface area contributed by atoms with Crippen molar-refractivity contribution >= 4 is 54.2 Å². The molecule has 1 N–H and O–H groups in total. The minimum atomic E-state index is -1.12. The Bertz CT molecular complexity index is 1090. The molecule has 0 spiro atoms. The first-order chi connectivity index (χ1) is 13.5. The van der Waals surface area contributed by atoms with Gasteiger partial charge in [-0.15, -0.1) is 0 Å². The molecule has 0 amide bonds. The third kappa shape index (κ3) is 3.57. The van der Waals surface area contributed by atoms with E-state index in [-0.39, 0.29) is 13.1 Å². The maximum atomic E-state index is 14.9. The molecule has 4 radical (unpaired) electrons. The Labute approximate surface area is 165 Å². The van der Waals surface area contributed by atoms with Gasteiger partial charge in [-0.1, -0.05) is 41.3 Å². The average molecular weight is 369 g/mol. The van der Waals surface area contributed by atoms with Gasteiger partial charge in [-0.2, -0.15) is 4.98 Å². The second kappa shape index (κ2) is 7.58. The number of fused-ring (bicyclic) bond motifs is 3. The van der Waals surface area contributed by atoms with Crippen molar-refractivity contribution in [3.8, 4) is 5.88 Å². The molecule has 0 saturated heterocycles. The van der Waals surface area contributed by atoms with Crippen LogP contribution >= 0.6 is 0 Å². The SMILES string of the molecule is [B]c1ccc2c(c1)c1cc([B])ccc1n2CC(F)CNc1cccc(OC)n1. The minimum absolute atomic E-state index is 0.130. The second-order valence-electron chi connectivity index (χ2n) is 6.71. The van der Waals surface area contributed by atoms with Crippen LogP contribution in [0.1, 0.15) is 0 Å². The number of rotatable bonds is 6. The fourth-order valence-corrected chi connectivity index (χ4v) is 3.44. The standard InChI is InChI=1S/C21H18B2FN3O/c1-28-21-4-2-3-20(26-21)25-11-15(24)12-27-18-7-5-13(22)9-16(18)17-10-14(23)6-8-19(17)27/h2-10,15H,11-12H2,1H3,(H,25,26). The van der Waals surface area contributed by atoms with Gasteiger partial charge >= 0.3 is 0 Å². The van der Waals surface area contributed by atoms with Gasteiger partial charge in [-0.3, -0.25) is 0 Å². The quantitative estimate of drug-likeness (QED) is 0.530. The van der Waals surface area contributed by atoms with Gasteiger partial charge in [0.15, 0.2) is 0 Å². The number of aromatic nitrogens is 2. The molecule has 0 bridgehead atoms. The van der Waals surface area contributed by atoms with Crippen molar-refractivity contribution in [1.29, 1.82) is 0 Å². The lowest BCUT2D eigenvalue weighted by Crippen LogP contribution is -2.21. The first-order valence-electron chi connectivity index (χ1n) is 9.01. The van der Waals surface area contributed by atoms with E-state index in [9.17, 15) is 4.39 Å². The van der Waals surface area contributed by atoms with Crippen LogP contribution in [0.3, 0.4) is 0 Å². The number of alkyl halides is 1. The van der Waals surface area contributed by atoms with Crippen LogP contribution < -0.4 is 21.0 Å². The van der Waals surface area contributed by atoms with Gasteiger partial charge < -0.3 is 14.6 Å². The van der Waals surface area contributed by atoms with E-state index in [1.54, 1.807) is 19.2 Å². The summed E-state index contributed by atoms with van der Waals surface area (Å²) in [5.41, 5.74) is 3.18. The number of halogens is 1. The Hall–Kier alpha value is -2.95. The Morgan fingerprint density at radius 1 is 1.04 bits per heavy atom. The third-order valence-electron chi connectivity index (χ3n) is 4.73. The van der Waals surface area contributed by atoms with Crippen molar-refractivity contribution < 1.29 is 9.13 Å². The second-order valence-corrected chi connectivity index (χ2v) is 6.71. The van der Waals surface area contributed by atoms with Crippen LogP contribution in [0.2, 0.25) is 0 Å². The van der Waals surface area contributed by atoms with E-state index in [0.29, 0.717) is 22.6 Å². The number of anilines is 1. The van der Waals surface area contributed by atoms with E-state index >= 15 is 0 Å². The molecule has 2 aromatic heterocycles. The summed E-state index contributed by atoms with van der Waals surface area (Å²) in [6.07, 6.45) is -1.12. The highest BCUT2D eigenvalue weighted by Crippen LogP contribution is 2.28. The smallest absolute Gasteiger partial charge is 0.214 e. The lowest BCUT2D eigenvalue weighted by atomic mass is 9.92. The number of benzene rings is 2. The van der Waals surface area contributed by atoms with Crippen LogP contribution in [0, 0.1) is 0 Å². The number of hydrogen-bond acceptors (Lipinski definition) is 3. The molecule has 1 atom stereocenters. The normalized spacial score (nSPS) is 12.4. The average Bonchev–Trinajstić information content (AvgIpc) is 2.99. The molecule has 0 aliphatic heterocycles. The molecule has 4 nitrogen and oxygen atoms in total. The summed E-state index contributed by atoms with van der Waals surface area (Å²) in [7, 11) is 13.5. The number of nitrogens with zero attached hydrogens (tertiary/aromatic N) is 2. The molecule has 0 aliphatic rings. The lowest BCUT2D eigenvalue weighted by molar-refractivity contribution is 0.315. The molecule has 7 heteroatoms. The van der Waals surface area contributed by atoms with Gasteiger partial charge in [0.1, 0.15) is 27.7 Å². The van der Waals surface area contributed by atoms with Crippen molar-refractivity contribution in [1.82, 2.24) is 9.55 Å². The summed E-state index contributed by atoms with van der Waals surface area (Å²) < 4.78 is 21.9. The summed E-state index contributed by atoms with van der Waals surface area (Å²) in [6.45, 7) is 0.329. The maximum Gasteiger partial charge on any atom is 0.214 e. The number of ether oxygens (including phenoxy) is 1. The van der Waals surface area contributed by atoms with Crippen LogP contribution in [-0.2, 0) is 6.54 Å². The number of pyridine rings is 1. The summed E-state index contributed by atoms with van der Waals surface area (Å²) in [5, 5.41) is 4.97.